The van der Waals surface area contributed by atoms with Crippen LogP contribution in [0.25, 0.3) is 22.6 Å². The van der Waals surface area contributed by atoms with Crippen molar-refractivity contribution >= 4 is 5.82 Å². The molecule has 0 spiro atoms. The lowest BCUT2D eigenvalue weighted by atomic mass is 10.1. The molecule has 27 heavy (non-hydrogen) atoms. The molecule has 7 nitrogen and oxygen atoms in total. The molecule has 1 aliphatic rings. The molecule has 3 aromatic heterocycles. The van der Waals surface area contributed by atoms with Crippen molar-refractivity contribution in [1.82, 2.24) is 24.8 Å². The molecule has 1 fully saturated rings. The van der Waals surface area contributed by atoms with E-state index < -0.39 is 0 Å². The zero-order valence-electron chi connectivity index (χ0n) is 15.1. The van der Waals surface area contributed by atoms with Crippen LogP contribution in [0.15, 0.2) is 55.1 Å². The van der Waals surface area contributed by atoms with Gasteiger partial charge in [0.2, 0.25) is 0 Å². The van der Waals surface area contributed by atoms with E-state index in [1.54, 1.807) is 24.8 Å². The van der Waals surface area contributed by atoms with Crippen LogP contribution in [0.1, 0.15) is 0 Å². The van der Waals surface area contributed by atoms with Crippen LogP contribution in [-0.4, -0.2) is 69.3 Å². The topological polar surface area (TPSA) is 78.3 Å². The highest BCUT2D eigenvalue weighted by Gasteiger charge is 2.19. The van der Waals surface area contributed by atoms with Gasteiger partial charge >= 0.3 is 0 Å². The first-order chi connectivity index (χ1) is 13.3. The Hall–Kier alpha value is -2.90. The minimum atomic E-state index is 0.199. The number of anilines is 1. The summed E-state index contributed by atoms with van der Waals surface area (Å²) in [5, 5.41) is 9.14. The standard InChI is InChI=1S/C20H22N6O/c27-13-12-25-8-10-26(11-9-25)19-14-18(16-3-6-21-7-4-16)23-20(24-19)17-2-1-5-22-15-17/h1-7,14-15,27H,8-13H2. The highest BCUT2D eigenvalue weighted by atomic mass is 16.3. The number of piperazine rings is 1. The van der Waals surface area contributed by atoms with Crippen molar-refractivity contribution in [2.24, 2.45) is 0 Å². The van der Waals surface area contributed by atoms with Crippen LogP contribution < -0.4 is 4.90 Å². The van der Waals surface area contributed by atoms with Gasteiger partial charge in [-0.1, -0.05) is 0 Å². The molecule has 0 radical (unpaired) electrons. The first-order valence-corrected chi connectivity index (χ1v) is 9.11. The van der Waals surface area contributed by atoms with Gasteiger partial charge in [0.1, 0.15) is 5.82 Å². The van der Waals surface area contributed by atoms with Crippen LogP contribution in [-0.2, 0) is 0 Å². The normalized spacial score (nSPS) is 15.1. The summed E-state index contributed by atoms with van der Waals surface area (Å²) < 4.78 is 0. The lowest BCUT2D eigenvalue weighted by molar-refractivity contribution is 0.188. The maximum absolute atomic E-state index is 9.14. The molecule has 4 heterocycles. The zero-order chi connectivity index (χ0) is 18.5. The van der Waals surface area contributed by atoms with Crippen molar-refractivity contribution in [3.8, 4) is 22.6 Å². The van der Waals surface area contributed by atoms with E-state index in [0.717, 1.165) is 55.4 Å². The fraction of sp³-hybridized carbons (Fsp3) is 0.300. The van der Waals surface area contributed by atoms with E-state index in [4.69, 9.17) is 15.1 Å². The van der Waals surface area contributed by atoms with Gasteiger partial charge in [0.15, 0.2) is 5.82 Å². The van der Waals surface area contributed by atoms with Gasteiger partial charge in [-0.05, 0) is 24.3 Å². The van der Waals surface area contributed by atoms with E-state index in [-0.39, 0.29) is 6.61 Å². The number of hydrogen-bond acceptors (Lipinski definition) is 7. The fourth-order valence-corrected chi connectivity index (χ4v) is 3.23. The molecular weight excluding hydrogens is 340 g/mol. The van der Waals surface area contributed by atoms with E-state index in [2.05, 4.69) is 19.8 Å². The number of aliphatic hydroxyl groups is 1. The predicted molar refractivity (Wildman–Crippen MR) is 104 cm³/mol. The van der Waals surface area contributed by atoms with Gasteiger partial charge in [0.05, 0.1) is 12.3 Å². The maximum Gasteiger partial charge on any atom is 0.163 e. The summed E-state index contributed by atoms with van der Waals surface area (Å²) >= 11 is 0. The predicted octanol–water partition coefficient (Wildman–Crippen LogP) is 1.71. The molecule has 1 saturated heterocycles. The number of aromatic nitrogens is 4. The number of nitrogens with zero attached hydrogens (tertiary/aromatic N) is 6. The quantitative estimate of drug-likeness (QED) is 0.740. The summed E-state index contributed by atoms with van der Waals surface area (Å²) in [5.41, 5.74) is 2.78. The zero-order valence-corrected chi connectivity index (χ0v) is 15.1. The third-order valence-corrected chi connectivity index (χ3v) is 4.72. The SMILES string of the molecule is OCCN1CCN(c2cc(-c3ccncc3)nc(-c3cccnc3)n2)CC1. The van der Waals surface area contributed by atoms with Crippen LogP contribution in [0.3, 0.4) is 0 Å². The molecule has 0 amide bonds. The molecular formula is C20H22N6O. The second kappa shape index (κ2) is 8.20. The van der Waals surface area contributed by atoms with Crippen LogP contribution in [0.5, 0.6) is 0 Å². The largest absolute Gasteiger partial charge is 0.395 e. The van der Waals surface area contributed by atoms with Gasteiger partial charge in [0.25, 0.3) is 0 Å². The molecule has 7 heteroatoms. The number of aliphatic hydroxyl groups excluding tert-OH is 1. The molecule has 0 saturated carbocycles. The van der Waals surface area contributed by atoms with Crippen LogP contribution >= 0.6 is 0 Å². The third-order valence-electron chi connectivity index (χ3n) is 4.72. The first kappa shape index (κ1) is 17.5. The highest BCUT2D eigenvalue weighted by molar-refractivity contribution is 5.67. The van der Waals surface area contributed by atoms with E-state index in [1.165, 1.54) is 0 Å². The first-order valence-electron chi connectivity index (χ1n) is 9.11. The summed E-state index contributed by atoms with van der Waals surface area (Å²) in [6.07, 6.45) is 7.08. The van der Waals surface area contributed by atoms with Crippen molar-refractivity contribution < 1.29 is 5.11 Å². The minimum Gasteiger partial charge on any atom is -0.395 e. The Balaban J connectivity index is 1.69. The Kier molecular flexibility index (Phi) is 5.32. The lowest BCUT2D eigenvalue weighted by Gasteiger charge is -2.35. The van der Waals surface area contributed by atoms with Gasteiger partial charge in [-0.25, -0.2) is 9.97 Å². The van der Waals surface area contributed by atoms with Gasteiger partial charge in [-0.15, -0.1) is 0 Å². The van der Waals surface area contributed by atoms with Crippen LogP contribution in [0.2, 0.25) is 0 Å². The Morgan fingerprint density at radius 2 is 1.70 bits per heavy atom. The molecule has 3 aromatic rings. The summed E-state index contributed by atoms with van der Waals surface area (Å²) in [6, 6.07) is 9.82. The summed E-state index contributed by atoms with van der Waals surface area (Å²) in [7, 11) is 0. The van der Waals surface area contributed by atoms with Crippen molar-refractivity contribution in [3.05, 3.63) is 55.1 Å². The molecule has 4 rings (SSSR count). The molecule has 1 aliphatic heterocycles. The number of hydrogen-bond donors (Lipinski definition) is 1. The van der Waals surface area contributed by atoms with Gasteiger partial charge < -0.3 is 10.0 Å². The van der Waals surface area contributed by atoms with Crippen molar-refractivity contribution in [2.45, 2.75) is 0 Å². The van der Waals surface area contributed by atoms with Gasteiger partial charge in [-0.3, -0.25) is 14.9 Å². The smallest absolute Gasteiger partial charge is 0.163 e. The van der Waals surface area contributed by atoms with Crippen LogP contribution in [0.4, 0.5) is 5.82 Å². The summed E-state index contributed by atoms with van der Waals surface area (Å²) in [4.78, 5) is 22.4. The number of pyridine rings is 2. The third kappa shape index (κ3) is 4.10. The molecule has 0 atom stereocenters. The van der Waals surface area contributed by atoms with E-state index in [1.807, 2.05) is 30.3 Å². The van der Waals surface area contributed by atoms with Crippen LogP contribution in [0, 0.1) is 0 Å². The van der Waals surface area contributed by atoms with E-state index in [0.29, 0.717) is 5.82 Å². The summed E-state index contributed by atoms with van der Waals surface area (Å²) in [6.45, 7) is 4.50. The molecule has 0 unspecified atom stereocenters. The Morgan fingerprint density at radius 3 is 2.41 bits per heavy atom. The Labute approximate surface area is 158 Å². The monoisotopic (exact) mass is 362 g/mol. The molecule has 1 N–H and O–H groups in total. The van der Waals surface area contributed by atoms with Crippen molar-refractivity contribution in [3.63, 3.8) is 0 Å². The molecule has 0 aliphatic carbocycles. The fourth-order valence-electron chi connectivity index (χ4n) is 3.23. The number of rotatable bonds is 5. The Bertz CT molecular complexity index is 808. The molecule has 0 bridgehead atoms. The van der Waals surface area contributed by atoms with Gasteiger partial charge in [0, 0.05) is 74.7 Å². The lowest BCUT2D eigenvalue weighted by Crippen LogP contribution is -2.47. The van der Waals surface area contributed by atoms with E-state index >= 15 is 0 Å². The van der Waals surface area contributed by atoms with Crippen molar-refractivity contribution in [1.29, 1.82) is 0 Å². The number of β-amino-alcohol motifs (C(OH)–C–C–N with tert-alkyl or cyclic N) is 1. The Morgan fingerprint density at radius 1 is 0.889 bits per heavy atom. The maximum atomic E-state index is 9.14. The highest BCUT2D eigenvalue weighted by Crippen LogP contribution is 2.26. The average molecular weight is 362 g/mol. The van der Waals surface area contributed by atoms with Gasteiger partial charge in [-0.2, -0.15) is 0 Å². The molecule has 0 aromatic carbocycles. The van der Waals surface area contributed by atoms with Crippen molar-refractivity contribution in [2.75, 3.05) is 44.2 Å². The second-order valence-corrected chi connectivity index (χ2v) is 6.46. The molecule has 138 valence electrons. The summed E-state index contributed by atoms with van der Waals surface area (Å²) in [5.74, 6) is 1.59. The second-order valence-electron chi connectivity index (χ2n) is 6.46. The van der Waals surface area contributed by atoms with E-state index in [9.17, 15) is 0 Å². The minimum absolute atomic E-state index is 0.199. The average Bonchev–Trinajstić information content (AvgIpc) is 2.75.